The van der Waals surface area contributed by atoms with Crippen LogP contribution < -0.4 is 15.1 Å². The molecule has 23 heavy (non-hydrogen) atoms. The molecule has 6 heteroatoms. The van der Waals surface area contributed by atoms with Gasteiger partial charge in [-0.3, -0.25) is 4.79 Å². The Morgan fingerprint density at radius 3 is 3.09 bits per heavy atom. The zero-order valence-electron chi connectivity index (χ0n) is 13.5. The maximum Gasteiger partial charge on any atom is 0.251 e. The molecule has 1 N–H and O–H groups in total. The summed E-state index contributed by atoms with van der Waals surface area (Å²) < 4.78 is 0. The number of thiazole rings is 1. The molecule has 3 rings (SSSR count). The third-order valence-corrected chi connectivity index (χ3v) is 4.97. The quantitative estimate of drug-likeness (QED) is 0.915. The second-order valence-corrected chi connectivity index (χ2v) is 6.83. The first kappa shape index (κ1) is 15.8. The van der Waals surface area contributed by atoms with Gasteiger partial charge in [-0.2, -0.15) is 0 Å². The maximum absolute atomic E-state index is 12.4. The van der Waals surface area contributed by atoms with Crippen LogP contribution >= 0.6 is 11.3 Å². The molecule has 0 bridgehead atoms. The minimum absolute atomic E-state index is 0.0142. The normalized spacial score (nSPS) is 17.3. The van der Waals surface area contributed by atoms with Gasteiger partial charge in [0.2, 0.25) is 0 Å². The number of anilines is 2. The third kappa shape index (κ3) is 3.64. The largest absolute Gasteiger partial charge is 0.378 e. The summed E-state index contributed by atoms with van der Waals surface area (Å²) in [5.41, 5.74) is 1.73. The fourth-order valence-electron chi connectivity index (χ4n) is 2.90. The Labute approximate surface area is 140 Å². The average Bonchev–Trinajstić information content (AvgIpc) is 3.23. The predicted molar refractivity (Wildman–Crippen MR) is 95.6 cm³/mol. The van der Waals surface area contributed by atoms with Gasteiger partial charge in [-0.05, 0) is 31.0 Å². The summed E-state index contributed by atoms with van der Waals surface area (Å²) in [6.07, 6.45) is 4.08. The molecule has 0 radical (unpaired) electrons. The Morgan fingerprint density at radius 1 is 1.48 bits per heavy atom. The first-order chi connectivity index (χ1) is 11.1. The Balaban J connectivity index is 1.61. The number of hydrogen-bond acceptors (Lipinski definition) is 5. The lowest BCUT2D eigenvalue weighted by atomic mass is 10.1. The van der Waals surface area contributed by atoms with Crippen LogP contribution in [-0.4, -0.2) is 44.1 Å². The fraction of sp³-hybridized carbons (Fsp3) is 0.412. The third-order valence-electron chi connectivity index (χ3n) is 4.17. The lowest BCUT2D eigenvalue weighted by molar-refractivity contribution is 0.0951. The maximum atomic E-state index is 12.4. The lowest BCUT2D eigenvalue weighted by Gasteiger charge is -2.24. The number of amides is 1. The van der Waals surface area contributed by atoms with Crippen molar-refractivity contribution in [3.8, 4) is 0 Å². The predicted octanol–water partition coefficient (Wildman–Crippen LogP) is 2.61. The number of carbonyl (C=O) groups excluding carboxylic acids is 1. The molecule has 5 nitrogen and oxygen atoms in total. The second-order valence-electron chi connectivity index (χ2n) is 5.96. The molecular weight excluding hydrogens is 308 g/mol. The number of carbonyl (C=O) groups is 1. The van der Waals surface area contributed by atoms with Gasteiger partial charge in [-0.1, -0.05) is 6.07 Å². The molecule has 2 aromatic rings. The number of benzene rings is 1. The molecular formula is C17H22N4OS. The Kier molecular flexibility index (Phi) is 4.81. The number of nitrogens with zero attached hydrogens (tertiary/aromatic N) is 3. The van der Waals surface area contributed by atoms with Gasteiger partial charge < -0.3 is 15.1 Å². The molecule has 1 atom stereocenters. The van der Waals surface area contributed by atoms with Crippen molar-refractivity contribution in [2.75, 3.05) is 37.0 Å². The molecule has 0 spiro atoms. The van der Waals surface area contributed by atoms with Gasteiger partial charge in [-0.25, -0.2) is 4.98 Å². The molecule has 0 saturated carbocycles. The Bertz CT molecular complexity index is 656. The van der Waals surface area contributed by atoms with Crippen LogP contribution in [0.3, 0.4) is 0 Å². The van der Waals surface area contributed by atoms with Crippen molar-refractivity contribution in [3.63, 3.8) is 0 Å². The highest BCUT2D eigenvalue weighted by Gasteiger charge is 2.26. The SMILES string of the molecule is CN(C)c1cccc(C(=O)NCC2CCCN2c2nccs2)c1. The van der Waals surface area contributed by atoms with Crippen LogP contribution in [0, 0.1) is 0 Å². The molecule has 1 amide bonds. The smallest absolute Gasteiger partial charge is 0.251 e. The summed E-state index contributed by atoms with van der Waals surface area (Å²) in [6, 6.07) is 8.03. The van der Waals surface area contributed by atoms with Gasteiger partial charge in [-0.15, -0.1) is 11.3 Å². The first-order valence-corrected chi connectivity index (χ1v) is 8.75. The average molecular weight is 330 g/mol. The van der Waals surface area contributed by atoms with Gasteiger partial charge in [0.05, 0.1) is 0 Å². The number of aromatic nitrogens is 1. The van der Waals surface area contributed by atoms with Crippen LogP contribution in [0.2, 0.25) is 0 Å². The van der Waals surface area contributed by atoms with E-state index in [2.05, 4.69) is 15.2 Å². The Morgan fingerprint density at radius 2 is 2.35 bits per heavy atom. The van der Waals surface area contributed by atoms with Crippen molar-refractivity contribution in [3.05, 3.63) is 41.4 Å². The minimum atomic E-state index is -0.0142. The van der Waals surface area contributed by atoms with Crippen molar-refractivity contribution in [1.29, 1.82) is 0 Å². The van der Waals surface area contributed by atoms with Crippen molar-refractivity contribution in [1.82, 2.24) is 10.3 Å². The highest BCUT2D eigenvalue weighted by molar-refractivity contribution is 7.13. The zero-order valence-corrected chi connectivity index (χ0v) is 14.3. The summed E-state index contributed by atoms with van der Waals surface area (Å²) in [4.78, 5) is 21.1. The van der Waals surface area contributed by atoms with Crippen molar-refractivity contribution in [2.24, 2.45) is 0 Å². The summed E-state index contributed by atoms with van der Waals surface area (Å²) in [5.74, 6) is -0.0142. The lowest BCUT2D eigenvalue weighted by Crippen LogP contribution is -2.40. The molecule has 1 aliphatic rings. The molecule has 1 aliphatic heterocycles. The van der Waals surface area contributed by atoms with E-state index >= 15 is 0 Å². The van der Waals surface area contributed by atoms with Gasteiger partial charge in [0, 0.05) is 56.1 Å². The van der Waals surface area contributed by atoms with Crippen LogP contribution in [0.5, 0.6) is 0 Å². The van der Waals surface area contributed by atoms with Gasteiger partial charge >= 0.3 is 0 Å². The molecule has 1 unspecified atom stereocenters. The first-order valence-electron chi connectivity index (χ1n) is 7.87. The molecule has 122 valence electrons. The summed E-state index contributed by atoms with van der Waals surface area (Å²) in [5, 5.41) is 6.12. The highest BCUT2D eigenvalue weighted by atomic mass is 32.1. The van der Waals surface area contributed by atoms with Crippen molar-refractivity contribution in [2.45, 2.75) is 18.9 Å². The van der Waals surface area contributed by atoms with Crippen LogP contribution in [0.4, 0.5) is 10.8 Å². The van der Waals surface area contributed by atoms with Crippen LogP contribution in [0.25, 0.3) is 0 Å². The molecule has 0 aliphatic carbocycles. The number of hydrogen-bond donors (Lipinski definition) is 1. The molecule has 1 fully saturated rings. The van der Waals surface area contributed by atoms with E-state index in [1.165, 1.54) is 0 Å². The van der Waals surface area contributed by atoms with Gasteiger partial charge in [0.25, 0.3) is 5.91 Å². The standard InChI is InChI=1S/C17H22N4OS/c1-20(2)14-6-3-5-13(11-14)16(22)19-12-15-7-4-9-21(15)17-18-8-10-23-17/h3,5-6,8,10-11,15H,4,7,9,12H2,1-2H3,(H,19,22). The number of rotatable bonds is 5. The van der Waals surface area contributed by atoms with E-state index in [1.807, 2.05) is 54.8 Å². The van der Waals surface area contributed by atoms with E-state index in [0.29, 0.717) is 18.2 Å². The van der Waals surface area contributed by atoms with Crippen LogP contribution in [-0.2, 0) is 0 Å². The fourth-order valence-corrected chi connectivity index (χ4v) is 3.64. The minimum Gasteiger partial charge on any atom is -0.378 e. The summed E-state index contributed by atoms with van der Waals surface area (Å²) >= 11 is 1.66. The summed E-state index contributed by atoms with van der Waals surface area (Å²) in [7, 11) is 3.95. The van der Waals surface area contributed by atoms with E-state index in [0.717, 1.165) is 30.2 Å². The van der Waals surface area contributed by atoms with E-state index in [9.17, 15) is 4.79 Å². The second kappa shape index (κ2) is 7.00. The van der Waals surface area contributed by atoms with Crippen LogP contribution in [0.15, 0.2) is 35.8 Å². The van der Waals surface area contributed by atoms with E-state index in [4.69, 9.17) is 0 Å². The van der Waals surface area contributed by atoms with Crippen LogP contribution in [0.1, 0.15) is 23.2 Å². The topological polar surface area (TPSA) is 48.5 Å². The summed E-state index contributed by atoms with van der Waals surface area (Å²) in [6.45, 7) is 1.68. The zero-order chi connectivity index (χ0) is 16.2. The molecule has 1 aromatic carbocycles. The van der Waals surface area contributed by atoms with Crippen molar-refractivity contribution >= 4 is 28.1 Å². The molecule has 1 aromatic heterocycles. The van der Waals surface area contributed by atoms with E-state index in [-0.39, 0.29) is 5.91 Å². The van der Waals surface area contributed by atoms with E-state index in [1.54, 1.807) is 11.3 Å². The van der Waals surface area contributed by atoms with E-state index < -0.39 is 0 Å². The Hall–Kier alpha value is -2.08. The van der Waals surface area contributed by atoms with Gasteiger partial charge in [0.15, 0.2) is 5.13 Å². The monoisotopic (exact) mass is 330 g/mol. The van der Waals surface area contributed by atoms with Crippen molar-refractivity contribution < 1.29 is 4.79 Å². The highest BCUT2D eigenvalue weighted by Crippen LogP contribution is 2.26. The van der Waals surface area contributed by atoms with Gasteiger partial charge in [0.1, 0.15) is 0 Å². The number of nitrogens with one attached hydrogen (secondary N) is 1. The molecule has 1 saturated heterocycles. The molecule has 2 heterocycles.